The number of halogens is 1. The zero-order valence-electron chi connectivity index (χ0n) is 10.2. The number of hydrogen-bond acceptors (Lipinski definition) is 5. The zero-order valence-corrected chi connectivity index (χ0v) is 11.0. The van der Waals surface area contributed by atoms with Gasteiger partial charge in [-0.2, -0.15) is 0 Å². The topological polar surface area (TPSA) is 53.5 Å². The van der Waals surface area contributed by atoms with Crippen LogP contribution in [0.15, 0.2) is 24.4 Å². The van der Waals surface area contributed by atoms with Crippen LogP contribution in [0.2, 0.25) is 5.15 Å². The Hall–Kier alpha value is -2.01. The average molecular weight is 279 g/mol. The van der Waals surface area contributed by atoms with Gasteiger partial charge in [-0.3, -0.25) is 0 Å². The highest BCUT2D eigenvalue weighted by molar-refractivity contribution is 6.30. The van der Waals surface area contributed by atoms with Crippen molar-refractivity contribution >= 4 is 11.6 Å². The molecule has 0 saturated carbocycles. The van der Waals surface area contributed by atoms with Gasteiger partial charge in [-0.25, -0.2) is 9.97 Å². The summed E-state index contributed by atoms with van der Waals surface area (Å²) in [6, 6.07) is 5.75. The molecule has 19 heavy (non-hydrogen) atoms. The number of aromatic nitrogens is 2. The van der Waals surface area contributed by atoms with Crippen molar-refractivity contribution in [2.24, 2.45) is 0 Å². The van der Waals surface area contributed by atoms with E-state index in [0.717, 1.165) is 17.1 Å². The molecule has 5 nitrogen and oxygen atoms in total. The molecule has 0 bridgehead atoms. The fraction of sp³-hybridized carbons (Fsp3) is 0.231. The molecular weight excluding hydrogens is 268 g/mol. The molecule has 0 N–H and O–H groups in total. The second kappa shape index (κ2) is 4.93. The average Bonchev–Trinajstić information content (AvgIpc) is 2.86. The lowest BCUT2D eigenvalue weighted by molar-refractivity contribution is 0.174. The summed E-state index contributed by atoms with van der Waals surface area (Å²) >= 11 is 5.97. The van der Waals surface area contributed by atoms with Crippen LogP contribution < -0.4 is 14.2 Å². The summed E-state index contributed by atoms with van der Waals surface area (Å²) in [7, 11) is 1.53. The van der Waals surface area contributed by atoms with Gasteiger partial charge >= 0.3 is 0 Å². The number of benzene rings is 1. The highest BCUT2D eigenvalue weighted by Gasteiger charge is 2.14. The van der Waals surface area contributed by atoms with Crippen LogP contribution in [0.25, 0.3) is 0 Å². The molecule has 0 saturated heterocycles. The molecule has 0 unspecified atom stereocenters. The minimum atomic E-state index is 0.268. The van der Waals surface area contributed by atoms with E-state index >= 15 is 0 Å². The van der Waals surface area contributed by atoms with E-state index in [4.69, 9.17) is 25.8 Å². The lowest BCUT2D eigenvalue weighted by Gasteiger charge is -2.05. The Kier molecular flexibility index (Phi) is 3.13. The van der Waals surface area contributed by atoms with Gasteiger partial charge in [-0.15, -0.1) is 0 Å². The van der Waals surface area contributed by atoms with Crippen LogP contribution in [0.3, 0.4) is 0 Å². The first kappa shape index (κ1) is 12.0. The Morgan fingerprint density at radius 1 is 1.32 bits per heavy atom. The largest absolute Gasteiger partial charge is 0.492 e. The summed E-state index contributed by atoms with van der Waals surface area (Å²) in [5.74, 6) is 2.61. The number of rotatable bonds is 3. The molecule has 3 rings (SSSR count). The van der Waals surface area contributed by atoms with Crippen LogP contribution in [0.5, 0.6) is 17.2 Å². The summed E-state index contributed by atoms with van der Waals surface area (Å²) in [6.07, 6.45) is 2.14. The zero-order chi connectivity index (χ0) is 13.2. The first-order valence-corrected chi connectivity index (χ1v) is 6.08. The molecule has 0 spiro atoms. The smallest absolute Gasteiger partial charge is 0.231 e. The van der Waals surface area contributed by atoms with E-state index in [2.05, 4.69) is 9.97 Å². The summed E-state index contributed by atoms with van der Waals surface area (Å²) in [6.45, 7) is 0.268. The maximum absolute atomic E-state index is 5.97. The van der Waals surface area contributed by atoms with Crippen molar-refractivity contribution in [3.63, 3.8) is 0 Å². The van der Waals surface area contributed by atoms with Gasteiger partial charge in [0.2, 0.25) is 6.79 Å². The Morgan fingerprint density at radius 2 is 2.16 bits per heavy atom. The van der Waals surface area contributed by atoms with E-state index in [1.165, 1.54) is 7.11 Å². The molecule has 0 aliphatic carbocycles. The van der Waals surface area contributed by atoms with Gasteiger partial charge in [0.25, 0.3) is 0 Å². The molecule has 0 amide bonds. The van der Waals surface area contributed by atoms with Crippen molar-refractivity contribution in [1.82, 2.24) is 9.97 Å². The molecule has 0 radical (unpaired) electrons. The highest BCUT2D eigenvalue weighted by atomic mass is 35.5. The van der Waals surface area contributed by atoms with Crippen LogP contribution in [-0.4, -0.2) is 23.9 Å². The van der Waals surface area contributed by atoms with Gasteiger partial charge in [0.1, 0.15) is 5.82 Å². The predicted octanol–water partition coefficient (Wildman–Crippen LogP) is 2.46. The fourth-order valence-electron chi connectivity index (χ4n) is 1.84. The van der Waals surface area contributed by atoms with E-state index in [0.29, 0.717) is 23.1 Å². The lowest BCUT2D eigenvalue weighted by atomic mass is 10.1. The van der Waals surface area contributed by atoms with Crippen LogP contribution in [0.1, 0.15) is 11.4 Å². The first-order chi connectivity index (χ1) is 9.26. The monoisotopic (exact) mass is 278 g/mol. The molecular formula is C13H11ClN2O3. The molecule has 2 aromatic rings. The maximum atomic E-state index is 5.97. The molecule has 1 aromatic carbocycles. The SMILES string of the molecule is COc1cnc(Cc2ccc3c(c2)OCO3)nc1Cl. The molecule has 1 aliphatic rings. The van der Waals surface area contributed by atoms with E-state index in [-0.39, 0.29) is 6.79 Å². The van der Waals surface area contributed by atoms with Crippen molar-refractivity contribution < 1.29 is 14.2 Å². The van der Waals surface area contributed by atoms with E-state index in [9.17, 15) is 0 Å². The molecule has 0 fully saturated rings. The third-order valence-electron chi connectivity index (χ3n) is 2.78. The molecule has 98 valence electrons. The van der Waals surface area contributed by atoms with Gasteiger partial charge < -0.3 is 14.2 Å². The van der Waals surface area contributed by atoms with E-state index in [1.54, 1.807) is 6.20 Å². The van der Waals surface area contributed by atoms with Crippen LogP contribution in [-0.2, 0) is 6.42 Å². The normalized spacial score (nSPS) is 12.5. The van der Waals surface area contributed by atoms with Gasteiger partial charge in [0, 0.05) is 6.42 Å². The van der Waals surface area contributed by atoms with Crippen LogP contribution in [0, 0.1) is 0 Å². The molecule has 1 aliphatic heterocycles. The number of hydrogen-bond donors (Lipinski definition) is 0. The third kappa shape index (κ3) is 2.42. The fourth-order valence-corrected chi connectivity index (χ4v) is 2.06. The number of nitrogens with zero attached hydrogens (tertiary/aromatic N) is 2. The second-order valence-electron chi connectivity index (χ2n) is 4.01. The molecule has 2 heterocycles. The standard InChI is InChI=1S/C13H11ClN2O3/c1-17-11-6-15-12(16-13(11)14)5-8-2-3-9-10(4-8)19-7-18-9/h2-4,6H,5,7H2,1H3. The Morgan fingerprint density at radius 3 is 2.95 bits per heavy atom. The molecule has 6 heteroatoms. The van der Waals surface area contributed by atoms with Gasteiger partial charge in [-0.05, 0) is 17.7 Å². The Labute approximate surface area is 115 Å². The molecule has 1 aromatic heterocycles. The minimum absolute atomic E-state index is 0.268. The van der Waals surface area contributed by atoms with Crippen molar-refractivity contribution in [2.45, 2.75) is 6.42 Å². The van der Waals surface area contributed by atoms with E-state index in [1.807, 2.05) is 18.2 Å². The number of methoxy groups -OCH3 is 1. The van der Waals surface area contributed by atoms with Gasteiger partial charge in [0.15, 0.2) is 22.4 Å². The predicted molar refractivity (Wildman–Crippen MR) is 69.0 cm³/mol. The quantitative estimate of drug-likeness (QED) is 0.807. The lowest BCUT2D eigenvalue weighted by Crippen LogP contribution is -1.98. The maximum Gasteiger partial charge on any atom is 0.231 e. The van der Waals surface area contributed by atoms with Crippen molar-refractivity contribution in [2.75, 3.05) is 13.9 Å². The van der Waals surface area contributed by atoms with Gasteiger partial charge in [0.05, 0.1) is 13.3 Å². The van der Waals surface area contributed by atoms with Crippen LogP contribution >= 0.6 is 11.6 Å². The Balaban J connectivity index is 1.83. The second-order valence-corrected chi connectivity index (χ2v) is 4.37. The number of fused-ring (bicyclic) bond motifs is 1. The summed E-state index contributed by atoms with van der Waals surface area (Å²) in [5, 5.41) is 0.313. The summed E-state index contributed by atoms with van der Waals surface area (Å²) < 4.78 is 15.6. The molecule has 0 atom stereocenters. The van der Waals surface area contributed by atoms with Crippen LogP contribution in [0.4, 0.5) is 0 Å². The van der Waals surface area contributed by atoms with Crippen molar-refractivity contribution in [3.05, 3.63) is 40.9 Å². The third-order valence-corrected chi connectivity index (χ3v) is 3.05. The summed E-state index contributed by atoms with van der Waals surface area (Å²) in [5.41, 5.74) is 1.03. The first-order valence-electron chi connectivity index (χ1n) is 5.70. The summed E-state index contributed by atoms with van der Waals surface area (Å²) in [4.78, 5) is 8.40. The number of ether oxygens (including phenoxy) is 3. The van der Waals surface area contributed by atoms with E-state index < -0.39 is 0 Å². The van der Waals surface area contributed by atoms with Gasteiger partial charge in [-0.1, -0.05) is 17.7 Å². The minimum Gasteiger partial charge on any atom is -0.492 e. The Bertz CT molecular complexity index is 619. The van der Waals surface area contributed by atoms with Crippen molar-refractivity contribution in [3.8, 4) is 17.2 Å². The van der Waals surface area contributed by atoms with Crippen molar-refractivity contribution in [1.29, 1.82) is 0 Å². The highest BCUT2D eigenvalue weighted by Crippen LogP contribution is 2.33.